The quantitative estimate of drug-likeness (QED) is 0.558. The highest BCUT2D eigenvalue weighted by molar-refractivity contribution is 9.10. The molecule has 0 saturated carbocycles. The zero-order chi connectivity index (χ0) is 16.3. The van der Waals surface area contributed by atoms with E-state index >= 15 is 0 Å². The summed E-state index contributed by atoms with van der Waals surface area (Å²) in [4.78, 5) is 0. The molecule has 0 spiro atoms. The molecule has 5 heteroatoms. The van der Waals surface area contributed by atoms with Crippen molar-refractivity contribution in [2.75, 3.05) is 0 Å². The summed E-state index contributed by atoms with van der Waals surface area (Å²) in [6.45, 7) is 4.00. The van der Waals surface area contributed by atoms with Gasteiger partial charge in [-0.15, -0.1) is 0 Å². The predicted molar refractivity (Wildman–Crippen MR) is 94.9 cm³/mol. The van der Waals surface area contributed by atoms with Gasteiger partial charge in [0.25, 0.3) is 0 Å². The third-order valence-electron chi connectivity index (χ3n) is 3.27. The minimum Gasteiger partial charge on any atom is -0.267 e. The lowest BCUT2D eigenvalue weighted by Gasteiger charge is -2.09. The lowest BCUT2D eigenvalue weighted by Crippen LogP contribution is -1.96. The fraction of sp³-hybridized carbons (Fsp3) is 0.176. The van der Waals surface area contributed by atoms with Gasteiger partial charge in [-0.3, -0.25) is 4.68 Å². The van der Waals surface area contributed by atoms with Crippen molar-refractivity contribution >= 4 is 38.3 Å². The second-order valence-corrected chi connectivity index (χ2v) is 5.66. The van der Waals surface area contributed by atoms with Crippen molar-refractivity contribution in [1.82, 2.24) is 9.78 Å². The van der Waals surface area contributed by atoms with Crippen LogP contribution in [0.4, 0.5) is 0 Å². The van der Waals surface area contributed by atoms with Crippen LogP contribution in [0.5, 0.6) is 0 Å². The Kier molecular flexibility index (Phi) is 5.23. The highest BCUT2D eigenvalue weighted by Crippen LogP contribution is 2.35. The molecule has 1 heterocycles. The van der Waals surface area contributed by atoms with Gasteiger partial charge in [0, 0.05) is 28.4 Å². The van der Waals surface area contributed by atoms with Crippen molar-refractivity contribution in [2.45, 2.75) is 13.8 Å². The maximum absolute atomic E-state index is 9.55. The molecule has 0 fully saturated rings. The molecule has 0 N–H and O–H groups in total. The van der Waals surface area contributed by atoms with E-state index in [4.69, 9.17) is 11.6 Å². The van der Waals surface area contributed by atoms with Gasteiger partial charge in [0.05, 0.1) is 21.9 Å². The summed E-state index contributed by atoms with van der Waals surface area (Å²) in [6, 6.07) is 11.7. The molecule has 22 heavy (non-hydrogen) atoms. The van der Waals surface area contributed by atoms with E-state index in [1.54, 1.807) is 10.9 Å². The van der Waals surface area contributed by atoms with Crippen LogP contribution in [0.2, 0.25) is 5.02 Å². The van der Waals surface area contributed by atoms with Gasteiger partial charge in [0.15, 0.2) is 0 Å². The number of hydrogen-bond acceptors (Lipinski definition) is 2. The molecule has 0 aliphatic heterocycles. The topological polar surface area (TPSA) is 41.6 Å². The largest absolute Gasteiger partial charge is 0.267 e. The molecule has 0 radical (unpaired) electrons. The smallest absolute Gasteiger partial charge is 0.100 e. The minimum absolute atomic E-state index is 0.606. The highest BCUT2D eigenvalue weighted by atomic mass is 79.9. The van der Waals surface area contributed by atoms with Crippen LogP contribution in [0.25, 0.3) is 22.0 Å². The van der Waals surface area contributed by atoms with Crippen molar-refractivity contribution in [3.63, 3.8) is 0 Å². The molecule has 0 unspecified atom stereocenters. The zero-order valence-electron chi connectivity index (χ0n) is 12.6. The number of aromatic nitrogens is 2. The Morgan fingerprint density at radius 3 is 2.50 bits per heavy atom. The maximum Gasteiger partial charge on any atom is 0.100 e. The Morgan fingerprint density at radius 1 is 1.18 bits per heavy atom. The lowest BCUT2D eigenvalue weighted by molar-refractivity contribution is 0.775. The van der Waals surface area contributed by atoms with Gasteiger partial charge in [0.1, 0.15) is 6.07 Å². The molecule has 3 nitrogen and oxygen atoms in total. The Balaban J connectivity index is 0.000000847. The average Bonchev–Trinajstić information content (AvgIpc) is 2.87. The van der Waals surface area contributed by atoms with Gasteiger partial charge >= 0.3 is 0 Å². The summed E-state index contributed by atoms with van der Waals surface area (Å²) in [7, 11) is 1.85. The third kappa shape index (κ3) is 2.75. The Morgan fingerprint density at radius 2 is 1.91 bits per heavy atom. The first-order valence-corrected chi connectivity index (χ1v) is 8.09. The molecule has 112 valence electrons. The SMILES string of the molecule is CC.Cn1ncc(Br)c1-c1ccc2c(Cl)cccc2c1C#N. The first kappa shape index (κ1) is 16.5. The number of benzene rings is 2. The molecule has 2 aromatic carbocycles. The molecule has 3 aromatic rings. The van der Waals surface area contributed by atoms with Gasteiger partial charge in [-0.2, -0.15) is 10.4 Å². The van der Waals surface area contributed by atoms with Crippen LogP contribution >= 0.6 is 27.5 Å². The first-order valence-electron chi connectivity index (χ1n) is 6.92. The monoisotopic (exact) mass is 375 g/mol. The van der Waals surface area contributed by atoms with Crippen LogP contribution in [-0.2, 0) is 7.05 Å². The van der Waals surface area contributed by atoms with Crippen molar-refractivity contribution in [1.29, 1.82) is 5.26 Å². The van der Waals surface area contributed by atoms with E-state index in [-0.39, 0.29) is 0 Å². The summed E-state index contributed by atoms with van der Waals surface area (Å²) < 4.78 is 2.61. The minimum atomic E-state index is 0.606. The van der Waals surface area contributed by atoms with Gasteiger partial charge in [0.2, 0.25) is 0 Å². The molecule has 1 aromatic heterocycles. The van der Waals surface area contributed by atoms with E-state index < -0.39 is 0 Å². The van der Waals surface area contributed by atoms with E-state index in [0.29, 0.717) is 10.6 Å². The Hall–Kier alpha value is -1.83. The normalized spacial score (nSPS) is 10.0. The summed E-state index contributed by atoms with van der Waals surface area (Å²) in [5.41, 5.74) is 2.33. The third-order valence-corrected chi connectivity index (χ3v) is 4.18. The summed E-state index contributed by atoms with van der Waals surface area (Å²) in [5.74, 6) is 0. The number of hydrogen-bond donors (Lipinski definition) is 0. The molecule has 0 aliphatic carbocycles. The lowest BCUT2D eigenvalue weighted by atomic mass is 9.98. The Labute approximate surface area is 143 Å². The summed E-state index contributed by atoms with van der Waals surface area (Å²) in [6.07, 6.45) is 1.72. The number of nitrogens with zero attached hydrogens (tertiary/aromatic N) is 3. The van der Waals surface area contributed by atoms with E-state index in [2.05, 4.69) is 27.1 Å². The number of nitriles is 1. The van der Waals surface area contributed by atoms with Crippen LogP contribution in [-0.4, -0.2) is 9.78 Å². The second kappa shape index (κ2) is 6.95. The van der Waals surface area contributed by atoms with Crippen molar-refractivity contribution < 1.29 is 0 Å². The number of halogens is 2. The summed E-state index contributed by atoms with van der Waals surface area (Å²) >= 11 is 9.67. The highest BCUT2D eigenvalue weighted by Gasteiger charge is 2.16. The van der Waals surface area contributed by atoms with Gasteiger partial charge in [-0.05, 0) is 22.0 Å². The molecular formula is C17H15BrClN3. The van der Waals surface area contributed by atoms with Crippen LogP contribution in [0.3, 0.4) is 0 Å². The predicted octanol–water partition coefficient (Wildman–Crippen LogP) is 5.55. The maximum atomic E-state index is 9.55. The average molecular weight is 377 g/mol. The molecule has 0 atom stereocenters. The number of rotatable bonds is 1. The van der Waals surface area contributed by atoms with E-state index in [1.807, 2.05) is 51.2 Å². The van der Waals surface area contributed by atoms with Crippen LogP contribution in [0.1, 0.15) is 19.4 Å². The van der Waals surface area contributed by atoms with E-state index in [9.17, 15) is 5.26 Å². The number of fused-ring (bicyclic) bond motifs is 1. The fourth-order valence-corrected chi connectivity index (χ4v) is 3.15. The van der Waals surface area contributed by atoms with Crippen LogP contribution < -0.4 is 0 Å². The Bertz CT molecular complexity index is 843. The van der Waals surface area contributed by atoms with Crippen LogP contribution in [0, 0.1) is 11.3 Å². The molecule has 0 aliphatic rings. The van der Waals surface area contributed by atoms with Crippen LogP contribution in [0.15, 0.2) is 41.0 Å². The van der Waals surface area contributed by atoms with Gasteiger partial charge in [-0.25, -0.2) is 0 Å². The molecular weight excluding hydrogens is 362 g/mol. The fourth-order valence-electron chi connectivity index (χ4n) is 2.35. The molecule has 0 saturated heterocycles. The van der Waals surface area contributed by atoms with Gasteiger partial charge < -0.3 is 0 Å². The van der Waals surface area contributed by atoms with Crippen molar-refractivity contribution in [3.8, 4) is 17.3 Å². The van der Waals surface area contributed by atoms with Gasteiger partial charge in [-0.1, -0.05) is 49.7 Å². The van der Waals surface area contributed by atoms with E-state index in [0.717, 1.165) is 26.5 Å². The first-order chi connectivity index (χ1) is 10.6. The standard InChI is InChI=1S/C15H9BrClN3.C2H6/c1-20-15(13(16)8-19-20)11-6-5-10-9(12(11)7-18)3-2-4-14(10)17;1-2/h2-6,8H,1H3;1-2H3. The van der Waals surface area contributed by atoms with Crippen molar-refractivity contribution in [2.24, 2.45) is 7.05 Å². The second-order valence-electron chi connectivity index (χ2n) is 4.40. The number of aryl methyl sites for hydroxylation is 1. The van der Waals surface area contributed by atoms with Crippen molar-refractivity contribution in [3.05, 3.63) is 51.6 Å². The zero-order valence-corrected chi connectivity index (χ0v) is 14.9. The molecule has 3 rings (SSSR count). The van der Waals surface area contributed by atoms with E-state index in [1.165, 1.54) is 0 Å². The molecule has 0 bridgehead atoms. The summed E-state index contributed by atoms with van der Waals surface area (Å²) in [5, 5.41) is 16.1. The molecule has 0 amide bonds.